The first-order chi connectivity index (χ1) is 31.3. The zero-order valence-electron chi connectivity index (χ0n) is 39.8. The van der Waals surface area contributed by atoms with Gasteiger partial charge in [0, 0.05) is 75.0 Å². The van der Waals surface area contributed by atoms with Crippen molar-refractivity contribution < 1.29 is 9.47 Å². The Bertz CT molecular complexity index is 2090. The van der Waals surface area contributed by atoms with Gasteiger partial charge in [-0.15, -0.1) is 0 Å². The van der Waals surface area contributed by atoms with Gasteiger partial charge in [-0.3, -0.25) is 0 Å². The predicted molar refractivity (Wildman–Crippen MR) is 265 cm³/mol. The van der Waals surface area contributed by atoms with Crippen LogP contribution in [0.5, 0.6) is 11.5 Å². The normalized spacial score (nSPS) is 17.3. The molecule has 0 radical (unpaired) electrons. The molecule has 0 amide bonds. The maximum atomic E-state index is 5.72. The van der Waals surface area contributed by atoms with Crippen LogP contribution in [0.15, 0.2) is 24.3 Å². The van der Waals surface area contributed by atoms with Crippen molar-refractivity contribution in [2.45, 2.75) is 128 Å². The first-order valence-corrected chi connectivity index (χ1v) is 24.4. The molecule has 2 aromatic heterocycles. The topological polar surface area (TPSA) is 107 Å². The third-order valence-corrected chi connectivity index (χ3v) is 13.0. The second kappa shape index (κ2) is 23.8. The minimum atomic E-state index is 0.479. The van der Waals surface area contributed by atoms with Gasteiger partial charge in [0.15, 0.2) is 0 Å². The highest BCUT2D eigenvalue weighted by Gasteiger charge is 2.23. The van der Waals surface area contributed by atoms with Crippen LogP contribution in [0.25, 0.3) is 21.8 Å². The summed E-state index contributed by atoms with van der Waals surface area (Å²) in [4.78, 5) is 29.0. The van der Waals surface area contributed by atoms with Crippen molar-refractivity contribution in [3.05, 3.63) is 35.4 Å². The molecule has 2 saturated carbocycles. The molecule has 0 unspecified atom stereocenters. The Kier molecular flexibility index (Phi) is 17.4. The average Bonchev–Trinajstić information content (AvgIpc) is 3.32. The second-order valence-electron chi connectivity index (χ2n) is 18.6. The molecule has 12 heteroatoms. The van der Waals surface area contributed by atoms with E-state index >= 15 is 0 Å². The van der Waals surface area contributed by atoms with E-state index < -0.39 is 0 Å². The number of benzene rings is 2. The Morgan fingerprint density at radius 1 is 0.531 bits per heavy atom. The Hall–Kier alpha value is -5.04. The van der Waals surface area contributed by atoms with E-state index in [0.29, 0.717) is 12.1 Å². The maximum Gasteiger partial charge on any atom is 0.227 e. The number of nitrogens with zero attached hydrogens (tertiary/aromatic N) is 8. The van der Waals surface area contributed by atoms with E-state index in [2.05, 4.69) is 106 Å². The fourth-order valence-electron chi connectivity index (χ4n) is 9.27. The molecule has 12 nitrogen and oxygen atoms in total. The standard InChI is InChI=1S/2C26H37N5O/c2*1-30(2)15-11-8-12-20-18-23-22(19-24(20)32-3)25(27-21-13-6-4-7-14-21)29-26(28-23)31-16-9-5-10-17-31/h2*18-19,21H,4-7,9-11,13-17H2,1-3H3,(H,27,28,29). The van der Waals surface area contributed by atoms with Gasteiger partial charge in [-0.25, -0.2) is 9.97 Å². The van der Waals surface area contributed by atoms with Crippen molar-refractivity contribution in [3.63, 3.8) is 0 Å². The van der Waals surface area contributed by atoms with E-state index in [-0.39, 0.29) is 0 Å². The molecule has 2 aromatic carbocycles. The lowest BCUT2D eigenvalue weighted by Gasteiger charge is -2.28. The largest absolute Gasteiger partial charge is 0.495 e. The van der Waals surface area contributed by atoms with Gasteiger partial charge in [-0.05, 0) is 117 Å². The SMILES string of the molecule is COc1cc2c(NC3CCCCC3)nc(N3CCCCC3)nc2cc1C#CCCN(C)C.COc1cc2c(NC3CCCCC3)nc(N3CCCCC3)nc2cc1C#CCCN(C)C. The lowest BCUT2D eigenvalue weighted by atomic mass is 9.95. The van der Waals surface area contributed by atoms with Crippen molar-refractivity contribution in [2.24, 2.45) is 0 Å². The first-order valence-electron chi connectivity index (χ1n) is 24.4. The molecule has 4 aromatic rings. The third kappa shape index (κ3) is 13.0. The number of piperidine rings is 2. The maximum absolute atomic E-state index is 5.72. The summed E-state index contributed by atoms with van der Waals surface area (Å²) in [5.41, 5.74) is 3.67. The van der Waals surface area contributed by atoms with Gasteiger partial charge < -0.3 is 39.7 Å². The molecule has 2 aliphatic carbocycles. The second-order valence-corrected chi connectivity index (χ2v) is 18.6. The zero-order chi connectivity index (χ0) is 44.7. The summed E-state index contributed by atoms with van der Waals surface area (Å²) in [5, 5.41) is 9.57. The third-order valence-electron chi connectivity index (χ3n) is 13.0. The van der Waals surface area contributed by atoms with Crippen LogP contribution in [-0.2, 0) is 0 Å². The average molecular weight is 871 g/mol. The summed E-state index contributed by atoms with van der Waals surface area (Å²) < 4.78 is 11.4. The molecule has 2 aliphatic heterocycles. The van der Waals surface area contributed by atoms with E-state index in [1.165, 1.54) is 103 Å². The number of rotatable bonds is 12. The molecule has 0 spiro atoms. The molecular formula is C52H74N10O2. The first kappa shape index (κ1) is 46.9. The van der Waals surface area contributed by atoms with Crippen LogP contribution in [0.3, 0.4) is 0 Å². The predicted octanol–water partition coefficient (Wildman–Crippen LogP) is 9.35. The van der Waals surface area contributed by atoms with Crippen LogP contribution in [0, 0.1) is 23.7 Å². The van der Waals surface area contributed by atoms with Crippen LogP contribution in [0.2, 0.25) is 0 Å². The lowest BCUT2D eigenvalue weighted by molar-refractivity contribution is 0.414. The highest BCUT2D eigenvalue weighted by atomic mass is 16.5. The fourth-order valence-corrected chi connectivity index (χ4v) is 9.27. The zero-order valence-corrected chi connectivity index (χ0v) is 39.8. The Labute approximate surface area is 383 Å². The summed E-state index contributed by atoms with van der Waals surface area (Å²) in [5.74, 6) is 18.3. The van der Waals surface area contributed by atoms with Crippen LogP contribution in [-0.4, -0.2) is 123 Å². The number of fused-ring (bicyclic) bond motifs is 2. The Morgan fingerprint density at radius 3 is 1.27 bits per heavy atom. The monoisotopic (exact) mass is 871 g/mol. The van der Waals surface area contributed by atoms with E-state index in [1.54, 1.807) is 14.2 Å². The molecule has 4 fully saturated rings. The molecular weight excluding hydrogens is 797 g/mol. The van der Waals surface area contributed by atoms with Gasteiger partial charge in [0.1, 0.15) is 23.1 Å². The molecule has 0 atom stereocenters. The number of ether oxygens (including phenoxy) is 2. The summed E-state index contributed by atoms with van der Waals surface area (Å²) in [6.07, 6.45) is 21.7. The molecule has 2 saturated heterocycles. The minimum Gasteiger partial charge on any atom is -0.495 e. The van der Waals surface area contributed by atoms with Gasteiger partial charge in [0.2, 0.25) is 11.9 Å². The summed E-state index contributed by atoms with van der Waals surface area (Å²) in [6.45, 7) is 6.01. The van der Waals surface area contributed by atoms with E-state index in [9.17, 15) is 0 Å². The highest BCUT2D eigenvalue weighted by Crippen LogP contribution is 2.35. The van der Waals surface area contributed by atoms with Crippen molar-refractivity contribution >= 4 is 45.3 Å². The van der Waals surface area contributed by atoms with E-state index in [1.807, 2.05) is 0 Å². The minimum absolute atomic E-state index is 0.479. The van der Waals surface area contributed by atoms with Crippen LogP contribution >= 0.6 is 0 Å². The lowest BCUT2D eigenvalue weighted by Crippen LogP contribution is -2.31. The number of nitrogens with one attached hydrogen (secondary N) is 2. The van der Waals surface area contributed by atoms with Crippen molar-refractivity contribution in [1.82, 2.24) is 29.7 Å². The van der Waals surface area contributed by atoms with Gasteiger partial charge in [0.05, 0.1) is 36.4 Å². The highest BCUT2D eigenvalue weighted by molar-refractivity contribution is 5.94. The number of anilines is 4. The summed E-state index contributed by atoms with van der Waals surface area (Å²) in [6, 6.07) is 9.25. The van der Waals surface area contributed by atoms with Gasteiger partial charge in [-0.1, -0.05) is 62.2 Å². The van der Waals surface area contributed by atoms with Crippen molar-refractivity contribution in [3.8, 4) is 35.2 Å². The molecule has 4 heterocycles. The van der Waals surface area contributed by atoms with Gasteiger partial charge >= 0.3 is 0 Å². The van der Waals surface area contributed by atoms with E-state index in [0.717, 1.165) is 120 Å². The Morgan fingerprint density at radius 2 is 0.906 bits per heavy atom. The number of hydrogen-bond donors (Lipinski definition) is 2. The molecule has 4 aliphatic rings. The van der Waals surface area contributed by atoms with Gasteiger partial charge in [-0.2, -0.15) is 9.97 Å². The quantitative estimate of drug-likeness (QED) is 0.133. The van der Waals surface area contributed by atoms with Crippen LogP contribution < -0.4 is 29.9 Å². The molecule has 344 valence electrons. The molecule has 8 rings (SSSR count). The number of aromatic nitrogens is 4. The van der Waals surface area contributed by atoms with Gasteiger partial charge in [0.25, 0.3) is 0 Å². The van der Waals surface area contributed by atoms with E-state index in [4.69, 9.17) is 29.4 Å². The van der Waals surface area contributed by atoms with Crippen molar-refractivity contribution in [1.29, 1.82) is 0 Å². The number of hydrogen-bond acceptors (Lipinski definition) is 12. The smallest absolute Gasteiger partial charge is 0.227 e. The fraction of sp³-hybridized carbons (Fsp3) is 0.615. The summed E-state index contributed by atoms with van der Waals surface area (Å²) in [7, 11) is 11.7. The molecule has 64 heavy (non-hydrogen) atoms. The van der Waals surface area contributed by atoms with Crippen LogP contribution in [0.1, 0.15) is 127 Å². The van der Waals surface area contributed by atoms with Crippen molar-refractivity contribution in [2.75, 3.05) is 102 Å². The van der Waals surface area contributed by atoms with Crippen LogP contribution in [0.4, 0.5) is 23.5 Å². The Balaban J connectivity index is 0.000000191. The molecule has 0 bridgehead atoms. The summed E-state index contributed by atoms with van der Waals surface area (Å²) >= 11 is 0. The number of methoxy groups -OCH3 is 2. The molecule has 2 N–H and O–H groups in total.